The summed E-state index contributed by atoms with van der Waals surface area (Å²) in [5.74, 6) is -1.30. The number of halogens is 2. The minimum Gasteiger partial charge on any atom is -0.480 e. The van der Waals surface area contributed by atoms with Crippen LogP contribution in [0.5, 0.6) is 0 Å². The second-order valence-corrected chi connectivity index (χ2v) is 5.80. The molecule has 0 fully saturated rings. The highest BCUT2D eigenvalue weighted by atomic mass is 32.2. The van der Waals surface area contributed by atoms with E-state index in [0.717, 1.165) is 17.1 Å². The summed E-state index contributed by atoms with van der Waals surface area (Å²) in [4.78, 5) is 10.6. The normalized spacial score (nSPS) is 13.6. The van der Waals surface area contributed by atoms with E-state index in [1.807, 2.05) is 4.72 Å². The molecule has 0 aliphatic heterocycles. The van der Waals surface area contributed by atoms with Crippen LogP contribution in [0.3, 0.4) is 0 Å². The Morgan fingerprint density at radius 1 is 1.55 bits per heavy atom. The zero-order chi connectivity index (χ0) is 15.3. The molecule has 0 saturated carbocycles. The Kier molecular flexibility index (Phi) is 5.57. The summed E-state index contributed by atoms with van der Waals surface area (Å²) < 4.78 is 50.9. The maximum absolute atomic E-state index is 12.1. The molecule has 0 aliphatic rings. The van der Waals surface area contributed by atoms with Crippen molar-refractivity contribution in [2.45, 2.75) is 43.7 Å². The predicted molar refractivity (Wildman–Crippen MR) is 64.9 cm³/mol. The van der Waals surface area contributed by atoms with E-state index in [2.05, 4.69) is 5.10 Å². The number of carboxylic acid groups (broad SMARTS) is 1. The van der Waals surface area contributed by atoms with Crippen LogP contribution in [0.4, 0.5) is 8.78 Å². The summed E-state index contributed by atoms with van der Waals surface area (Å²) in [7, 11) is -4.10. The maximum Gasteiger partial charge on any atom is 0.321 e. The molecule has 0 saturated heterocycles. The van der Waals surface area contributed by atoms with Crippen LogP contribution in [0.2, 0.25) is 0 Å². The average molecular weight is 311 g/mol. The van der Waals surface area contributed by atoms with Gasteiger partial charge in [0.25, 0.3) is 6.43 Å². The van der Waals surface area contributed by atoms with Gasteiger partial charge in [-0.25, -0.2) is 17.2 Å². The molecule has 0 radical (unpaired) electrons. The highest BCUT2D eigenvalue weighted by molar-refractivity contribution is 7.89. The van der Waals surface area contributed by atoms with Crippen LogP contribution >= 0.6 is 0 Å². The Morgan fingerprint density at radius 2 is 2.20 bits per heavy atom. The zero-order valence-corrected chi connectivity index (χ0v) is 11.5. The molecule has 10 heteroatoms. The smallest absolute Gasteiger partial charge is 0.321 e. The largest absolute Gasteiger partial charge is 0.480 e. The number of aromatic nitrogens is 2. The summed E-state index contributed by atoms with van der Waals surface area (Å²) in [6, 6.07) is -1.26. The van der Waals surface area contributed by atoms with Gasteiger partial charge in [0.1, 0.15) is 17.5 Å². The Bertz CT molecular complexity index is 559. The van der Waals surface area contributed by atoms with Gasteiger partial charge in [-0.1, -0.05) is 13.3 Å². The third kappa shape index (κ3) is 4.53. The molecule has 0 spiro atoms. The second-order valence-electron chi connectivity index (χ2n) is 4.09. The average Bonchev–Trinajstić information content (AvgIpc) is 2.76. The molecule has 0 aliphatic carbocycles. The van der Waals surface area contributed by atoms with E-state index in [1.165, 1.54) is 0 Å². The fourth-order valence-corrected chi connectivity index (χ4v) is 2.68. The third-order valence-corrected chi connectivity index (χ3v) is 3.84. The number of aliphatic carboxylic acids is 1. The molecule has 1 aromatic rings. The first-order valence-corrected chi connectivity index (χ1v) is 7.30. The lowest BCUT2D eigenvalue weighted by atomic mass is 10.2. The highest BCUT2D eigenvalue weighted by Crippen LogP contribution is 2.10. The number of nitrogens with one attached hydrogen (secondary N) is 1. The fourth-order valence-electron chi connectivity index (χ4n) is 1.50. The maximum atomic E-state index is 12.1. The van der Waals surface area contributed by atoms with Crippen LogP contribution in [0.15, 0.2) is 17.3 Å². The molecule has 1 unspecified atom stereocenters. The Balaban J connectivity index is 2.87. The van der Waals surface area contributed by atoms with Gasteiger partial charge in [-0.2, -0.15) is 9.82 Å². The summed E-state index contributed by atoms with van der Waals surface area (Å²) in [6.45, 7) is 0.984. The molecule has 0 amide bonds. The van der Waals surface area contributed by atoms with Crippen molar-refractivity contribution in [2.75, 3.05) is 0 Å². The third-order valence-electron chi connectivity index (χ3n) is 2.42. The number of alkyl halides is 2. The SMILES string of the molecule is CCCC(NS(=O)(=O)c1cnn(CC(F)F)c1)C(=O)O. The quantitative estimate of drug-likeness (QED) is 0.735. The number of hydrogen-bond acceptors (Lipinski definition) is 4. The molecule has 0 aromatic carbocycles. The molecular formula is C10H15F2N3O4S. The van der Waals surface area contributed by atoms with Crippen molar-refractivity contribution in [3.8, 4) is 0 Å². The van der Waals surface area contributed by atoms with Crippen LogP contribution in [-0.4, -0.2) is 41.7 Å². The first-order valence-electron chi connectivity index (χ1n) is 5.82. The monoisotopic (exact) mass is 311 g/mol. The van der Waals surface area contributed by atoms with Crippen LogP contribution in [-0.2, 0) is 21.4 Å². The van der Waals surface area contributed by atoms with E-state index in [0.29, 0.717) is 6.42 Å². The molecule has 1 atom stereocenters. The number of hydrogen-bond donors (Lipinski definition) is 2. The van der Waals surface area contributed by atoms with E-state index in [9.17, 15) is 22.0 Å². The molecule has 1 rings (SSSR count). The Labute approximate surface area is 114 Å². The van der Waals surface area contributed by atoms with Gasteiger partial charge < -0.3 is 5.11 Å². The first-order chi connectivity index (χ1) is 9.26. The van der Waals surface area contributed by atoms with E-state index in [4.69, 9.17) is 5.11 Å². The second kappa shape index (κ2) is 6.75. The summed E-state index contributed by atoms with van der Waals surface area (Å²) in [5, 5.41) is 12.4. The molecule has 1 aromatic heterocycles. The minimum atomic E-state index is -4.10. The predicted octanol–water partition coefficient (Wildman–Crippen LogP) is 0.680. The minimum absolute atomic E-state index is 0.125. The van der Waals surface area contributed by atoms with Gasteiger partial charge >= 0.3 is 5.97 Å². The van der Waals surface area contributed by atoms with Gasteiger partial charge in [-0.05, 0) is 6.42 Å². The van der Waals surface area contributed by atoms with Gasteiger partial charge in [-0.3, -0.25) is 9.48 Å². The lowest BCUT2D eigenvalue weighted by molar-refractivity contribution is -0.139. The zero-order valence-electron chi connectivity index (χ0n) is 10.7. The Morgan fingerprint density at radius 3 is 2.70 bits per heavy atom. The van der Waals surface area contributed by atoms with E-state index in [1.54, 1.807) is 6.92 Å². The van der Waals surface area contributed by atoms with Gasteiger partial charge in [0.2, 0.25) is 10.0 Å². The van der Waals surface area contributed by atoms with Crippen molar-refractivity contribution in [1.82, 2.24) is 14.5 Å². The summed E-state index contributed by atoms with van der Waals surface area (Å²) in [6.07, 6.45) is -0.232. The number of rotatable bonds is 8. The van der Waals surface area contributed by atoms with E-state index in [-0.39, 0.29) is 11.3 Å². The highest BCUT2D eigenvalue weighted by Gasteiger charge is 2.25. The lowest BCUT2D eigenvalue weighted by Crippen LogP contribution is -2.40. The van der Waals surface area contributed by atoms with Crippen molar-refractivity contribution < 1.29 is 27.1 Å². The van der Waals surface area contributed by atoms with E-state index < -0.39 is 35.0 Å². The van der Waals surface area contributed by atoms with Gasteiger partial charge in [0.15, 0.2) is 0 Å². The molecule has 20 heavy (non-hydrogen) atoms. The van der Waals surface area contributed by atoms with Gasteiger partial charge in [0, 0.05) is 6.20 Å². The molecule has 2 N–H and O–H groups in total. The van der Waals surface area contributed by atoms with Crippen molar-refractivity contribution in [3.05, 3.63) is 12.4 Å². The van der Waals surface area contributed by atoms with Crippen LogP contribution in [0.1, 0.15) is 19.8 Å². The van der Waals surface area contributed by atoms with Crippen molar-refractivity contribution in [3.63, 3.8) is 0 Å². The number of carboxylic acids is 1. The van der Waals surface area contributed by atoms with Gasteiger partial charge in [-0.15, -0.1) is 0 Å². The standard InChI is InChI=1S/C10H15F2N3O4S/c1-2-3-8(10(16)17)14-20(18,19)7-4-13-15(5-7)6-9(11)12/h4-5,8-9,14H,2-3,6H2,1H3,(H,16,17). The summed E-state index contributed by atoms with van der Waals surface area (Å²) in [5.41, 5.74) is 0. The summed E-state index contributed by atoms with van der Waals surface area (Å²) >= 11 is 0. The topological polar surface area (TPSA) is 101 Å². The van der Waals surface area contributed by atoms with Crippen LogP contribution < -0.4 is 4.72 Å². The first kappa shape index (κ1) is 16.5. The number of sulfonamides is 1. The number of carbonyl (C=O) groups is 1. The van der Waals surface area contributed by atoms with Crippen molar-refractivity contribution in [1.29, 1.82) is 0 Å². The van der Waals surface area contributed by atoms with Crippen LogP contribution in [0, 0.1) is 0 Å². The van der Waals surface area contributed by atoms with Crippen LogP contribution in [0.25, 0.3) is 0 Å². The fraction of sp³-hybridized carbons (Fsp3) is 0.600. The van der Waals surface area contributed by atoms with Crippen molar-refractivity contribution >= 4 is 16.0 Å². The molecular weight excluding hydrogens is 296 g/mol. The van der Waals surface area contributed by atoms with Crippen molar-refractivity contribution in [2.24, 2.45) is 0 Å². The van der Waals surface area contributed by atoms with E-state index >= 15 is 0 Å². The lowest BCUT2D eigenvalue weighted by Gasteiger charge is -2.12. The molecule has 0 bridgehead atoms. The Hall–Kier alpha value is -1.55. The molecule has 7 nitrogen and oxygen atoms in total. The number of nitrogens with zero attached hydrogens (tertiary/aromatic N) is 2. The molecule has 1 heterocycles. The molecule has 114 valence electrons. The van der Waals surface area contributed by atoms with Gasteiger partial charge in [0.05, 0.1) is 6.20 Å².